The largest absolute Gasteiger partial charge is 0.368 e. The van der Waals surface area contributed by atoms with Gasteiger partial charge in [0.25, 0.3) is 5.91 Å². The molecular formula is C18H20ClN4OP. The van der Waals surface area contributed by atoms with Gasteiger partial charge in [0.15, 0.2) is 0 Å². The minimum atomic E-state index is 0.0174. The predicted octanol–water partition coefficient (Wildman–Crippen LogP) is 2.63. The number of piperazine rings is 1. The molecule has 0 radical (unpaired) electrons. The summed E-state index contributed by atoms with van der Waals surface area (Å²) < 4.78 is 0. The lowest BCUT2D eigenvalue weighted by atomic mass is 10.2. The quantitative estimate of drug-likeness (QED) is 0.808. The van der Waals surface area contributed by atoms with E-state index in [-0.39, 0.29) is 11.7 Å². The number of allylic oxidation sites excluding steroid dienone is 1. The standard InChI is InChI=1S/C18H20ClN4OP/c1-12-10-22(5-4-21-12)15-2-3-18-23(11-15)17(24)7-16(25-18)13-6-14(19)9-20-8-13/h2-3,6-9,11-12,18,21,25H,4-5,10H2,1H3/t12-,18?/m0/s1. The van der Waals surface area contributed by atoms with Gasteiger partial charge < -0.3 is 15.1 Å². The molecule has 1 aromatic heterocycles. The number of carbonyl (C=O) groups excluding carboxylic acids is 1. The van der Waals surface area contributed by atoms with E-state index in [2.05, 4.69) is 34.3 Å². The molecule has 4 heterocycles. The van der Waals surface area contributed by atoms with Crippen molar-refractivity contribution < 1.29 is 4.79 Å². The summed E-state index contributed by atoms with van der Waals surface area (Å²) in [5.74, 6) is 0.0966. The number of pyridine rings is 1. The van der Waals surface area contributed by atoms with E-state index < -0.39 is 0 Å². The van der Waals surface area contributed by atoms with E-state index in [0.717, 1.165) is 36.2 Å². The second-order valence-corrected chi connectivity index (χ2v) is 8.35. The summed E-state index contributed by atoms with van der Waals surface area (Å²) in [4.78, 5) is 21.0. The summed E-state index contributed by atoms with van der Waals surface area (Å²) >= 11 is 6.04. The Hall–Kier alpha value is -1.68. The van der Waals surface area contributed by atoms with Crippen LogP contribution in [0.1, 0.15) is 12.5 Å². The number of rotatable bonds is 2. The van der Waals surface area contributed by atoms with Crippen LogP contribution < -0.4 is 5.32 Å². The van der Waals surface area contributed by atoms with Crippen molar-refractivity contribution in [3.63, 3.8) is 0 Å². The molecule has 1 aromatic rings. The van der Waals surface area contributed by atoms with Crippen LogP contribution in [0.2, 0.25) is 5.02 Å². The Morgan fingerprint density at radius 1 is 1.40 bits per heavy atom. The van der Waals surface area contributed by atoms with Gasteiger partial charge in [-0.1, -0.05) is 26.3 Å². The van der Waals surface area contributed by atoms with Crippen LogP contribution in [0, 0.1) is 0 Å². The molecule has 0 saturated carbocycles. The second-order valence-electron chi connectivity index (χ2n) is 6.50. The third-order valence-corrected chi connectivity index (χ3v) is 6.31. The van der Waals surface area contributed by atoms with E-state index in [0.29, 0.717) is 19.6 Å². The van der Waals surface area contributed by atoms with Crippen molar-refractivity contribution >= 4 is 31.4 Å². The fourth-order valence-corrected chi connectivity index (χ4v) is 4.88. The van der Waals surface area contributed by atoms with Gasteiger partial charge in [-0.15, -0.1) is 0 Å². The van der Waals surface area contributed by atoms with Crippen LogP contribution in [-0.2, 0) is 4.79 Å². The zero-order valence-corrected chi connectivity index (χ0v) is 15.7. The lowest BCUT2D eigenvalue weighted by Crippen LogP contribution is -2.49. The average Bonchev–Trinajstić information content (AvgIpc) is 2.61. The first-order valence-electron chi connectivity index (χ1n) is 8.40. The van der Waals surface area contributed by atoms with Gasteiger partial charge in [-0.2, -0.15) is 0 Å². The smallest absolute Gasteiger partial charge is 0.252 e. The average molecular weight is 375 g/mol. The molecule has 4 rings (SSSR count). The Kier molecular flexibility index (Phi) is 4.63. The van der Waals surface area contributed by atoms with Crippen molar-refractivity contribution in [1.29, 1.82) is 0 Å². The Morgan fingerprint density at radius 2 is 2.28 bits per heavy atom. The van der Waals surface area contributed by atoms with Crippen LogP contribution in [0.3, 0.4) is 0 Å². The summed E-state index contributed by atoms with van der Waals surface area (Å²) in [5, 5.41) is 5.05. The summed E-state index contributed by atoms with van der Waals surface area (Å²) in [6.45, 7) is 5.08. The molecule has 3 aliphatic heterocycles. The maximum atomic E-state index is 12.7. The molecule has 1 amide bonds. The van der Waals surface area contributed by atoms with Gasteiger partial charge in [-0.3, -0.25) is 9.78 Å². The number of halogens is 1. The van der Waals surface area contributed by atoms with E-state index in [9.17, 15) is 4.79 Å². The molecule has 1 N–H and O–H groups in total. The monoisotopic (exact) mass is 374 g/mol. The Bertz CT molecular complexity index is 791. The SMILES string of the molecule is C[C@H]1CN(C2=CN3C(=O)C=C(c4cncc(Cl)c4)PC3C=C2)CCN1. The fourth-order valence-electron chi connectivity index (χ4n) is 3.35. The normalized spacial score (nSPS) is 27.2. The first kappa shape index (κ1) is 16.8. The van der Waals surface area contributed by atoms with E-state index in [1.54, 1.807) is 18.5 Å². The number of carbonyl (C=O) groups is 1. The minimum absolute atomic E-state index is 0.0174. The van der Waals surface area contributed by atoms with Crippen LogP contribution in [0.5, 0.6) is 0 Å². The molecule has 2 unspecified atom stereocenters. The summed E-state index contributed by atoms with van der Waals surface area (Å²) in [6, 6.07) is 2.33. The molecule has 1 fully saturated rings. The fraction of sp³-hybridized carbons (Fsp3) is 0.333. The van der Waals surface area contributed by atoms with Crippen molar-refractivity contribution in [2.24, 2.45) is 0 Å². The number of nitrogens with zero attached hydrogens (tertiary/aromatic N) is 3. The van der Waals surface area contributed by atoms with Crippen LogP contribution in [0.4, 0.5) is 0 Å². The first-order valence-corrected chi connectivity index (χ1v) is 9.85. The molecule has 5 nitrogen and oxygen atoms in total. The lowest BCUT2D eigenvalue weighted by Gasteiger charge is -2.39. The van der Waals surface area contributed by atoms with E-state index in [1.807, 2.05) is 17.2 Å². The highest BCUT2D eigenvalue weighted by molar-refractivity contribution is 7.51. The third kappa shape index (κ3) is 3.50. The highest BCUT2D eigenvalue weighted by Gasteiger charge is 2.30. The van der Waals surface area contributed by atoms with Crippen LogP contribution >= 0.6 is 20.2 Å². The predicted molar refractivity (Wildman–Crippen MR) is 102 cm³/mol. The van der Waals surface area contributed by atoms with Gasteiger partial charge >= 0.3 is 0 Å². The van der Waals surface area contributed by atoms with Gasteiger partial charge in [0.2, 0.25) is 0 Å². The highest BCUT2D eigenvalue weighted by atomic mass is 35.5. The van der Waals surface area contributed by atoms with Crippen molar-refractivity contribution in [3.05, 3.63) is 59.2 Å². The second kappa shape index (κ2) is 6.91. The van der Waals surface area contributed by atoms with Crippen molar-refractivity contribution in [2.45, 2.75) is 18.7 Å². The van der Waals surface area contributed by atoms with E-state index in [1.165, 1.54) is 0 Å². The van der Waals surface area contributed by atoms with Gasteiger partial charge in [-0.25, -0.2) is 0 Å². The van der Waals surface area contributed by atoms with E-state index >= 15 is 0 Å². The van der Waals surface area contributed by atoms with Gasteiger partial charge in [0.1, 0.15) is 0 Å². The molecule has 0 aliphatic carbocycles. The number of aromatic nitrogens is 1. The van der Waals surface area contributed by atoms with Gasteiger partial charge in [0.05, 0.1) is 16.5 Å². The summed E-state index contributed by atoms with van der Waals surface area (Å²) in [5.41, 5.74) is 2.04. The molecular weight excluding hydrogens is 355 g/mol. The topological polar surface area (TPSA) is 48.5 Å². The molecule has 0 aromatic carbocycles. The molecule has 7 heteroatoms. The molecule has 0 spiro atoms. The van der Waals surface area contributed by atoms with Crippen molar-refractivity contribution in [3.8, 4) is 0 Å². The molecule has 1 saturated heterocycles. The lowest BCUT2D eigenvalue weighted by molar-refractivity contribution is -0.123. The number of hydrogen-bond donors (Lipinski definition) is 1. The Labute approximate surface area is 154 Å². The molecule has 130 valence electrons. The highest BCUT2D eigenvalue weighted by Crippen LogP contribution is 2.44. The molecule has 3 atom stereocenters. The zero-order valence-electron chi connectivity index (χ0n) is 13.9. The Morgan fingerprint density at radius 3 is 3.08 bits per heavy atom. The third-order valence-electron chi connectivity index (χ3n) is 4.60. The molecule has 3 aliphatic rings. The van der Waals surface area contributed by atoms with Crippen molar-refractivity contribution in [2.75, 3.05) is 19.6 Å². The maximum Gasteiger partial charge on any atom is 0.252 e. The first-order chi connectivity index (χ1) is 12.1. The summed E-state index contributed by atoms with van der Waals surface area (Å²) in [6.07, 6.45) is 11.4. The number of fused-ring (bicyclic) bond motifs is 1. The van der Waals surface area contributed by atoms with Crippen LogP contribution in [0.25, 0.3) is 5.31 Å². The number of hydrogen-bond acceptors (Lipinski definition) is 4. The number of nitrogens with one attached hydrogen (secondary N) is 1. The Balaban J connectivity index is 1.57. The van der Waals surface area contributed by atoms with Crippen LogP contribution in [-0.4, -0.2) is 52.2 Å². The van der Waals surface area contributed by atoms with Gasteiger partial charge in [0, 0.05) is 55.9 Å². The molecule has 25 heavy (non-hydrogen) atoms. The van der Waals surface area contributed by atoms with Gasteiger partial charge in [-0.05, 0) is 24.4 Å². The van der Waals surface area contributed by atoms with E-state index in [4.69, 9.17) is 11.6 Å². The zero-order chi connectivity index (χ0) is 17.4. The molecule has 0 bridgehead atoms. The van der Waals surface area contributed by atoms with Crippen LogP contribution in [0.15, 0.2) is 48.6 Å². The minimum Gasteiger partial charge on any atom is -0.368 e. The summed E-state index contributed by atoms with van der Waals surface area (Å²) in [7, 11) is 0.481. The van der Waals surface area contributed by atoms with Crippen molar-refractivity contribution in [1.82, 2.24) is 20.1 Å². The maximum absolute atomic E-state index is 12.7. The number of amides is 1.